The van der Waals surface area contributed by atoms with E-state index in [2.05, 4.69) is 26.8 Å². The Labute approximate surface area is 131 Å². The fourth-order valence-corrected chi connectivity index (χ4v) is 2.70. The third-order valence-corrected chi connectivity index (χ3v) is 4.05. The Kier molecular flexibility index (Phi) is 4.66. The Hall–Kier alpha value is -2.26. The number of amides is 2. The number of carbonyl (C=O) groups is 2. The number of hydrazine groups is 1. The summed E-state index contributed by atoms with van der Waals surface area (Å²) in [4.78, 5) is 33.9. The van der Waals surface area contributed by atoms with E-state index in [9.17, 15) is 19.7 Å². The second kappa shape index (κ2) is 6.46. The maximum Gasteiger partial charge on any atom is 0.279 e. The molecule has 2 rings (SSSR count). The van der Waals surface area contributed by atoms with Crippen molar-refractivity contribution < 1.29 is 14.5 Å². The molecule has 0 radical (unpaired) electrons. The van der Waals surface area contributed by atoms with Crippen molar-refractivity contribution in [2.75, 3.05) is 0 Å². The normalized spacial score (nSPS) is 9.95. The van der Waals surface area contributed by atoms with Gasteiger partial charge in [0.1, 0.15) is 0 Å². The molecule has 0 fully saturated rings. The maximum atomic E-state index is 11.8. The van der Waals surface area contributed by atoms with Gasteiger partial charge in [-0.05, 0) is 40.2 Å². The van der Waals surface area contributed by atoms with Crippen LogP contribution in [0, 0.1) is 10.1 Å². The van der Waals surface area contributed by atoms with Gasteiger partial charge < -0.3 is 0 Å². The molecule has 0 unspecified atom stereocenters. The van der Waals surface area contributed by atoms with Crippen LogP contribution in [0.5, 0.6) is 0 Å². The molecule has 2 amide bonds. The lowest BCUT2D eigenvalue weighted by atomic mass is 10.2. The number of nitro benzene ring substituents is 1. The largest absolute Gasteiger partial charge is 0.279 e. The average molecular weight is 370 g/mol. The molecule has 2 N–H and O–H groups in total. The lowest BCUT2D eigenvalue weighted by molar-refractivity contribution is -0.384. The van der Waals surface area contributed by atoms with Crippen LogP contribution in [0.4, 0.5) is 5.69 Å². The van der Waals surface area contributed by atoms with Gasteiger partial charge in [-0.15, -0.1) is 11.3 Å². The van der Waals surface area contributed by atoms with E-state index in [1.54, 1.807) is 12.1 Å². The number of hydrogen-bond donors (Lipinski definition) is 2. The van der Waals surface area contributed by atoms with E-state index in [0.29, 0.717) is 4.88 Å². The van der Waals surface area contributed by atoms with Gasteiger partial charge >= 0.3 is 0 Å². The highest BCUT2D eigenvalue weighted by atomic mass is 79.9. The van der Waals surface area contributed by atoms with Crippen molar-refractivity contribution >= 4 is 44.8 Å². The van der Waals surface area contributed by atoms with Crippen LogP contribution in [0.25, 0.3) is 0 Å². The number of carbonyl (C=O) groups excluding carboxylic acids is 2. The third kappa shape index (κ3) is 3.86. The van der Waals surface area contributed by atoms with Crippen molar-refractivity contribution in [1.82, 2.24) is 10.9 Å². The number of rotatable bonds is 3. The van der Waals surface area contributed by atoms with Crippen LogP contribution in [0.1, 0.15) is 20.0 Å². The van der Waals surface area contributed by atoms with Crippen molar-refractivity contribution in [2.45, 2.75) is 0 Å². The molecule has 1 heterocycles. The van der Waals surface area contributed by atoms with E-state index in [4.69, 9.17) is 0 Å². The molecule has 21 heavy (non-hydrogen) atoms. The van der Waals surface area contributed by atoms with Crippen LogP contribution >= 0.6 is 27.3 Å². The SMILES string of the molecule is O=C(NNC(=O)c1ccc(Br)s1)c1ccc([N+](=O)[O-])cc1. The minimum Gasteiger partial charge on any atom is -0.267 e. The van der Waals surface area contributed by atoms with Gasteiger partial charge in [0.05, 0.1) is 13.6 Å². The molecule has 0 bridgehead atoms. The highest BCUT2D eigenvalue weighted by molar-refractivity contribution is 9.11. The van der Waals surface area contributed by atoms with E-state index in [0.717, 1.165) is 3.79 Å². The van der Waals surface area contributed by atoms with E-state index in [1.807, 2.05) is 0 Å². The number of non-ortho nitro benzene ring substituents is 1. The quantitative estimate of drug-likeness (QED) is 0.640. The van der Waals surface area contributed by atoms with Crippen LogP contribution < -0.4 is 10.9 Å². The number of hydrogen-bond acceptors (Lipinski definition) is 5. The predicted octanol–water partition coefficient (Wildman–Crippen LogP) is 2.49. The first-order valence-electron chi connectivity index (χ1n) is 5.58. The predicted molar refractivity (Wildman–Crippen MR) is 80.0 cm³/mol. The van der Waals surface area contributed by atoms with Crippen molar-refractivity contribution in [3.63, 3.8) is 0 Å². The summed E-state index contributed by atoms with van der Waals surface area (Å²) in [7, 11) is 0. The summed E-state index contributed by atoms with van der Waals surface area (Å²) in [6.07, 6.45) is 0. The van der Waals surface area contributed by atoms with Crippen LogP contribution in [0.15, 0.2) is 40.2 Å². The van der Waals surface area contributed by atoms with Gasteiger partial charge in [0.15, 0.2) is 0 Å². The van der Waals surface area contributed by atoms with Gasteiger partial charge in [0.2, 0.25) is 0 Å². The van der Waals surface area contributed by atoms with Gasteiger partial charge in [-0.3, -0.25) is 30.6 Å². The Morgan fingerprint density at radius 3 is 2.19 bits per heavy atom. The molecular weight excluding hydrogens is 362 g/mol. The summed E-state index contributed by atoms with van der Waals surface area (Å²) in [5.74, 6) is -1.00. The topological polar surface area (TPSA) is 101 Å². The molecule has 0 aliphatic carbocycles. The van der Waals surface area contributed by atoms with E-state index < -0.39 is 16.7 Å². The van der Waals surface area contributed by atoms with Crippen LogP contribution in [0.2, 0.25) is 0 Å². The molecule has 1 aromatic heterocycles. The van der Waals surface area contributed by atoms with E-state index >= 15 is 0 Å². The summed E-state index contributed by atoms with van der Waals surface area (Å²) in [6.45, 7) is 0. The molecule has 0 saturated carbocycles. The summed E-state index contributed by atoms with van der Waals surface area (Å²) in [6, 6.07) is 8.38. The number of nitrogens with one attached hydrogen (secondary N) is 2. The number of thiophene rings is 1. The molecule has 0 spiro atoms. The minimum absolute atomic E-state index is 0.112. The standard InChI is InChI=1S/C12H8BrN3O4S/c13-10-6-5-9(21-10)12(18)15-14-11(17)7-1-3-8(4-2-7)16(19)20/h1-6H,(H,14,17)(H,15,18). The summed E-state index contributed by atoms with van der Waals surface area (Å²) < 4.78 is 0.800. The van der Waals surface area contributed by atoms with Crippen LogP contribution in [0.3, 0.4) is 0 Å². The fraction of sp³-hybridized carbons (Fsp3) is 0. The fourth-order valence-electron chi connectivity index (χ4n) is 1.42. The van der Waals surface area contributed by atoms with Crippen molar-refractivity contribution in [1.29, 1.82) is 0 Å². The van der Waals surface area contributed by atoms with Gasteiger partial charge in [0, 0.05) is 17.7 Å². The number of halogens is 1. The van der Waals surface area contributed by atoms with E-state index in [1.165, 1.54) is 35.6 Å². The minimum atomic E-state index is -0.561. The Bertz CT molecular complexity index is 699. The first-order chi connectivity index (χ1) is 9.97. The molecule has 1 aromatic carbocycles. The Balaban J connectivity index is 1.95. The lowest BCUT2D eigenvalue weighted by Crippen LogP contribution is -2.41. The third-order valence-electron chi connectivity index (χ3n) is 2.43. The van der Waals surface area contributed by atoms with Crippen LogP contribution in [-0.2, 0) is 0 Å². The molecule has 7 nitrogen and oxygen atoms in total. The highest BCUT2D eigenvalue weighted by Gasteiger charge is 2.12. The first-order valence-corrected chi connectivity index (χ1v) is 7.19. The smallest absolute Gasteiger partial charge is 0.267 e. The number of benzene rings is 1. The zero-order chi connectivity index (χ0) is 15.4. The molecule has 0 saturated heterocycles. The molecule has 108 valence electrons. The highest BCUT2D eigenvalue weighted by Crippen LogP contribution is 2.21. The number of nitrogens with zero attached hydrogens (tertiary/aromatic N) is 1. The zero-order valence-corrected chi connectivity index (χ0v) is 12.7. The molecule has 0 atom stereocenters. The monoisotopic (exact) mass is 369 g/mol. The van der Waals surface area contributed by atoms with Crippen molar-refractivity contribution in [2.24, 2.45) is 0 Å². The molecular formula is C12H8BrN3O4S. The number of nitro groups is 1. The first kappa shape index (κ1) is 15.1. The molecule has 9 heteroatoms. The summed E-state index contributed by atoms with van der Waals surface area (Å²) in [5, 5.41) is 10.5. The Morgan fingerprint density at radius 2 is 1.67 bits per heavy atom. The van der Waals surface area contributed by atoms with Crippen LogP contribution in [-0.4, -0.2) is 16.7 Å². The van der Waals surface area contributed by atoms with Gasteiger partial charge in [0.25, 0.3) is 17.5 Å². The lowest BCUT2D eigenvalue weighted by Gasteiger charge is -2.05. The van der Waals surface area contributed by atoms with Gasteiger partial charge in [-0.25, -0.2) is 0 Å². The average Bonchev–Trinajstić information content (AvgIpc) is 2.91. The molecule has 2 aromatic rings. The second-order valence-electron chi connectivity index (χ2n) is 3.82. The van der Waals surface area contributed by atoms with Gasteiger partial charge in [-0.1, -0.05) is 0 Å². The van der Waals surface area contributed by atoms with E-state index in [-0.39, 0.29) is 11.3 Å². The zero-order valence-electron chi connectivity index (χ0n) is 10.3. The summed E-state index contributed by atoms with van der Waals surface area (Å²) >= 11 is 4.46. The van der Waals surface area contributed by atoms with Crippen molar-refractivity contribution in [3.8, 4) is 0 Å². The van der Waals surface area contributed by atoms with Gasteiger partial charge in [-0.2, -0.15) is 0 Å². The Morgan fingerprint density at radius 1 is 1.05 bits per heavy atom. The molecule has 0 aliphatic rings. The summed E-state index contributed by atoms with van der Waals surface area (Å²) in [5.41, 5.74) is 4.59. The van der Waals surface area contributed by atoms with Crippen molar-refractivity contribution in [3.05, 3.63) is 60.7 Å². The maximum absolute atomic E-state index is 11.8. The molecule has 0 aliphatic heterocycles. The second-order valence-corrected chi connectivity index (χ2v) is 6.28.